The second kappa shape index (κ2) is 6.61. The van der Waals surface area contributed by atoms with Gasteiger partial charge in [0.05, 0.1) is 12.8 Å². The van der Waals surface area contributed by atoms with Gasteiger partial charge in [-0.05, 0) is 57.0 Å². The Morgan fingerprint density at radius 2 is 2.15 bits per heavy atom. The van der Waals surface area contributed by atoms with Crippen LogP contribution in [0.3, 0.4) is 0 Å². The van der Waals surface area contributed by atoms with Gasteiger partial charge in [-0.3, -0.25) is 4.79 Å². The summed E-state index contributed by atoms with van der Waals surface area (Å²) in [6.07, 6.45) is 2.21. The van der Waals surface area contributed by atoms with Crippen molar-refractivity contribution >= 4 is 11.6 Å². The molecule has 0 aromatic heterocycles. The molecule has 0 bridgehead atoms. The minimum Gasteiger partial charge on any atom is -0.495 e. The van der Waals surface area contributed by atoms with Crippen molar-refractivity contribution in [2.45, 2.75) is 25.8 Å². The molecule has 1 aliphatic heterocycles. The Bertz CT molecular complexity index is 470. The van der Waals surface area contributed by atoms with Crippen molar-refractivity contribution in [3.63, 3.8) is 0 Å². The summed E-state index contributed by atoms with van der Waals surface area (Å²) in [5.74, 6) is 0.998. The number of hydrogen-bond acceptors (Lipinski definition) is 4. The maximum Gasteiger partial charge on any atom is 0.251 e. The van der Waals surface area contributed by atoms with E-state index in [0.717, 1.165) is 25.9 Å². The fourth-order valence-electron chi connectivity index (χ4n) is 2.60. The monoisotopic (exact) mass is 277 g/mol. The molecule has 1 aromatic rings. The first kappa shape index (κ1) is 14.7. The van der Waals surface area contributed by atoms with E-state index in [0.29, 0.717) is 22.9 Å². The number of benzene rings is 1. The van der Waals surface area contributed by atoms with Crippen molar-refractivity contribution in [3.05, 3.63) is 23.8 Å². The fourth-order valence-corrected chi connectivity index (χ4v) is 2.60. The van der Waals surface area contributed by atoms with Crippen molar-refractivity contribution in [3.8, 4) is 5.75 Å². The smallest absolute Gasteiger partial charge is 0.251 e. The molecule has 0 aliphatic carbocycles. The minimum absolute atomic E-state index is 0.0747. The van der Waals surface area contributed by atoms with Crippen LogP contribution in [0.2, 0.25) is 0 Å². The summed E-state index contributed by atoms with van der Waals surface area (Å²) in [6, 6.07) is 5.28. The van der Waals surface area contributed by atoms with Crippen molar-refractivity contribution in [2.75, 3.05) is 25.9 Å². The van der Waals surface area contributed by atoms with Crippen LogP contribution < -0.4 is 21.1 Å². The molecule has 1 saturated heterocycles. The number of methoxy groups -OCH3 is 1. The summed E-state index contributed by atoms with van der Waals surface area (Å²) in [5.41, 5.74) is 6.87. The van der Waals surface area contributed by atoms with Gasteiger partial charge in [0.25, 0.3) is 5.91 Å². The summed E-state index contributed by atoms with van der Waals surface area (Å²) >= 11 is 0. The predicted molar refractivity (Wildman–Crippen MR) is 79.9 cm³/mol. The number of rotatable bonds is 4. The van der Waals surface area contributed by atoms with Crippen LogP contribution in [0.1, 0.15) is 30.1 Å². The van der Waals surface area contributed by atoms with E-state index in [1.165, 1.54) is 0 Å². The summed E-state index contributed by atoms with van der Waals surface area (Å²) in [6.45, 7) is 4.13. The van der Waals surface area contributed by atoms with E-state index in [9.17, 15) is 4.79 Å². The van der Waals surface area contributed by atoms with Crippen molar-refractivity contribution in [2.24, 2.45) is 5.92 Å². The molecule has 1 aromatic carbocycles. The summed E-state index contributed by atoms with van der Waals surface area (Å²) in [4.78, 5) is 12.3. The van der Waals surface area contributed by atoms with Crippen LogP contribution in [-0.4, -0.2) is 32.1 Å². The number of nitrogens with one attached hydrogen (secondary N) is 2. The first-order valence-electron chi connectivity index (χ1n) is 7.07. The Hall–Kier alpha value is -1.75. The average molecular weight is 277 g/mol. The highest BCUT2D eigenvalue weighted by Gasteiger charge is 2.21. The molecular weight excluding hydrogens is 254 g/mol. The summed E-state index contributed by atoms with van der Waals surface area (Å²) < 4.78 is 5.14. The van der Waals surface area contributed by atoms with Gasteiger partial charge < -0.3 is 21.1 Å². The third kappa shape index (κ3) is 3.42. The van der Waals surface area contributed by atoms with Gasteiger partial charge in [0.1, 0.15) is 5.75 Å². The van der Waals surface area contributed by atoms with Crippen LogP contribution in [0.4, 0.5) is 5.69 Å². The lowest BCUT2D eigenvalue weighted by Gasteiger charge is -2.28. The predicted octanol–water partition coefficient (Wildman–Crippen LogP) is 1.40. The zero-order valence-electron chi connectivity index (χ0n) is 12.1. The topological polar surface area (TPSA) is 76.4 Å². The number of amides is 1. The number of carbonyl (C=O) groups excluding carboxylic acids is 1. The van der Waals surface area contributed by atoms with E-state index >= 15 is 0 Å². The van der Waals surface area contributed by atoms with Gasteiger partial charge in [-0.15, -0.1) is 0 Å². The van der Waals surface area contributed by atoms with Crippen LogP contribution in [0.5, 0.6) is 5.75 Å². The van der Waals surface area contributed by atoms with Crippen LogP contribution in [-0.2, 0) is 0 Å². The first-order chi connectivity index (χ1) is 9.61. The highest BCUT2D eigenvalue weighted by Crippen LogP contribution is 2.22. The SMILES string of the molecule is COc1cc(C(=O)NC(C)C2CCNCC2)ccc1N. The molecule has 1 atom stereocenters. The van der Waals surface area contributed by atoms with Gasteiger partial charge in [0.15, 0.2) is 0 Å². The Morgan fingerprint density at radius 1 is 1.45 bits per heavy atom. The van der Waals surface area contributed by atoms with Crippen LogP contribution in [0.25, 0.3) is 0 Å². The largest absolute Gasteiger partial charge is 0.495 e. The van der Waals surface area contributed by atoms with E-state index in [4.69, 9.17) is 10.5 Å². The number of nitrogens with two attached hydrogens (primary N) is 1. The molecule has 4 N–H and O–H groups in total. The zero-order valence-corrected chi connectivity index (χ0v) is 12.1. The van der Waals surface area contributed by atoms with Gasteiger partial charge in [0, 0.05) is 11.6 Å². The fraction of sp³-hybridized carbons (Fsp3) is 0.533. The molecule has 1 heterocycles. The number of nitrogen functional groups attached to an aromatic ring is 1. The maximum absolute atomic E-state index is 12.3. The number of piperidine rings is 1. The van der Waals surface area contributed by atoms with E-state index in [1.54, 1.807) is 25.3 Å². The van der Waals surface area contributed by atoms with Gasteiger partial charge in [-0.1, -0.05) is 0 Å². The summed E-state index contributed by atoms with van der Waals surface area (Å²) in [5, 5.41) is 6.41. The van der Waals surface area contributed by atoms with Crippen molar-refractivity contribution in [1.82, 2.24) is 10.6 Å². The summed E-state index contributed by atoms with van der Waals surface area (Å²) in [7, 11) is 1.55. The number of anilines is 1. The van der Waals surface area contributed by atoms with Gasteiger partial charge in [0.2, 0.25) is 0 Å². The molecule has 1 aliphatic rings. The molecule has 0 spiro atoms. The molecular formula is C15H23N3O2. The van der Waals surface area contributed by atoms with E-state index in [2.05, 4.69) is 17.6 Å². The molecule has 5 nitrogen and oxygen atoms in total. The average Bonchev–Trinajstić information content (AvgIpc) is 2.48. The molecule has 20 heavy (non-hydrogen) atoms. The molecule has 1 fully saturated rings. The number of carbonyl (C=O) groups is 1. The second-order valence-electron chi connectivity index (χ2n) is 5.31. The maximum atomic E-state index is 12.3. The zero-order chi connectivity index (χ0) is 14.5. The number of hydrogen-bond donors (Lipinski definition) is 3. The molecule has 0 radical (unpaired) electrons. The van der Waals surface area contributed by atoms with Crippen molar-refractivity contribution in [1.29, 1.82) is 0 Å². The molecule has 1 unspecified atom stereocenters. The van der Waals surface area contributed by atoms with Gasteiger partial charge in [-0.2, -0.15) is 0 Å². The Kier molecular flexibility index (Phi) is 4.84. The van der Waals surface area contributed by atoms with Crippen molar-refractivity contribution < 1.29 is 9.53 Å². The van der Waals surface area contributed by atoms with E-state index in [1.807, 2.05) is 0 Å². The molecule has 0 saturated carbocycles. The molecule has 1 amide bonds. The standard InChI is InChI=1S/C15H23N3O2/c1-10(11-5-7-17-8-6-11)18-15(19)12-3-4-13(16)14(9-12)20-2/h3-4,9-11,17H,5-8,16H2,1-2H3,(H,18,19). The normalized spacial score (nSPS) is 17.5. The second-order valence-corrected chi connectivity index (χ2v) is 5.31. The highest BCUT2D eigenvalue weighted by atomic mass is 16.5. The first-order valence-corrected chi connectivity index (χ1v) is 7.07. The Labute approximate surface area is 119 Å². The van der Waals surface area contributed by atoms with Crippen LogP contribution in [0.15, 0.2) is 18.2 Å². The molecule has 5 heteroatoms. The quantitative estimate of drug-likeness (QED) is 0.727. The van der Waals surface area contributed by atoms with Crippen LogP contribution >= 0.6 is 0 Å². The third-order valence-corrected chi connectivity index (χ3v) is 3.95. The Balaban J connectivity index is 2.00. The minimum atomic E-state index is -0.0747. The van der Waals surface area contributed by atoms with E-state index in [-0.39, 0.29) is 11.9 Å². The van der Waals surface area contributed by atoms with Gasteiger partial charge in [-0.25, -0.2) is 0 Å². The Morgan fingerprint density at radius 3 is 2.80 bits per heavy atom. The van der Waals surface area contributed by atoms with Gasteiger partial charge >= 0.3 is 0 Å². The van der Waals surface area contributed by atoms with Crippen LogP contribution in [0, 0.1) is 5.92 Å². The van der Waals surface area contributed by atoms with E-state index < -0.39 is 0 Å². The highest BCUT2D eigenvalue weighted by molar-refractivity contribution is 5.95. The third-order valence-electron chi connectivity index (χ3n) is 3.95. The lowest BCUT2D eigenvalue weighted by Crippen LogP contribution is -2.42. The lowest BCUT2D eigenvalue weighted by molar-refractivity contribution is 0.0920. The molecule has 2 rings (SSSR count). The lowest BCUT2D eigenvalue weighted by atomic mass is 9.91. The number of ether oxygens (including phenoxy) is 1. The molecule has 110 valence electrons.